The molecule has 2 unspecified atom stereocenters. The predicted octanol–water partition coefficient (Wildman–Crippen LogP) is 1.37. The van der Waals surface area contributed by atoms with Gasteiger partial charge in [-0.1, -0.05) is 0 Å². The van der Waals surface area contributed by atoms with Gasteiger partial charge in [-0.2, -0.15) is 0 Å². The highest BCUT2D eigenvalue weighted by molar-refractivity contribution is 6.38. The maximum atomic E-state index is 10.7. The smallest absolute Gasteiger partial charge is 0.326 e. The van der Waals surface area contributed by atoms with E-state index in [0.717, 1.165) is 0 Å². The molecule has 0 aromatic rings. The maximum Gasteiger partial charge on any atom is 0.326 e. The molecule has 1 heterocycles. The van der Waals surface area contributed by atoms with Crippen LogP contribution in [0.25, 0.3) is 0 Å². The van der Waals surface area contributed by atoms with Crippen LogP contribution in [0, 0.1) is 0 Å². The van der Waals surface area contributed by atoms with Crippen LogP contribution >= 0.6 is 34.8 Å². The lowest BCUT2D eigenvalue weighted by atomic mass is 10.2. The number of hydrogen-bond acceptors (Lipinski definition) is 2. The summed E-state index contributed by atoms with van der Waals surface area (Å²) in [6.07, 6.45) is -0.432. The molecule has 0 spiro atoms. The molecule has 0 aromatic carbocycles. The minimum atomic E-state index is -0.745. The molecule has 10 heavy (non-hydrogen) atoms. The molecule has 0 bridgehead atoms. The minimum absolute atomic E-state index is 0.198. The van der Waals surface area contributed by atoms with Crippen LogP contribution in [0.4, 0.5) is 0 Å². The second kappa shape index (κ2) is 3.16. The van der Waals surface area contributed by atoms with E-state index in [1.165, 1.54) is 0 Å². The number of halogens is 3. The Bertz CT molecular complexity index is 150. The zero-order valence-electron chi connectivity index (χ0n) is 4.89. The summed E-state index contributed by atoms with van der Waals surface area (Å²) >= 11 is 16.6. The minimum Gasteiger partial charge on any atom is -0.458 e. The zero-order valence-corrected chi connectivity index (χ0v) is 7.16. The molecule has 0 aliphatic carbocycles. The van der Waals surface area contributed by atoms with E-state index in [1.54, 1.807) is 0 Å². The van der Waals surface area contributed by atoms with Crippen molar-refractivity contribution in [2.45, 2.75) is 16.9 Å². The van der Waals surface area contributed by atoms with Gasteiger partial charge in [0.2, 0.25) is 0 Å². The van der Waals surface area contributed by atoms with Gasteiger partial charge in [0.25, 0.3) is 0 Å². The van der Waals surface area contributed by atoms with Gasteiger partial charge in [0, 0.05) is 0 Å². The van der Waals surface area contributed by atoms with Crippen LogP contribution in [0.2, 0.25) is 0 Å². The molecule has 1 fully saturated rings. The first-order valence-electron chi connectivity index (χ1n) is 2.71. The summed E-state index contributed by atoms with van der Waals surface area (Å²) in [6.45, 7) is 0. The summed E-state index contributed by atoms with van der Waals surface area (Å²) in [7, 11) is 0. The fourth-order valence-electron chi connectivity index (χ4n) is 0.714. The topological polar surface area (TPSA) is 26.3 Å². The SMILES string of the molecule is O=C1O[C@@H](CCl)C(Cl)C1Cl. The average Bonchev–Trinajstić information content (AvgIpc) is 2.17. The van der Waals surface area contributed by atoms with E-state index < -0.39 is 22.8 Å². The van der Waals surface area contributed by atoms with Crippen molar-refractivity contribution in [1.82, 2.24) is 0 Å². The van der Waals surface area contributed by atoms with Crippen LogP contribution in [-0.2, 0) is 9.53 Å². The van der Waals surface area contributed by atoms with Crippen molar-refractivity contribution in [2.75, 3.05) is 5.88 Å². The van der Waals surface area contributed by atoms with Crippen molar-refractivity contribution in [2.24, 2.45) is 0 Å². The molecule has 0 radical (unpaired) electrons. The van der Waals surface area contributed by atoms with Crippen molar-refractivity contribution in [3.63, 3.8) is 0 Å². The number of carbonyl (C=O) groups is 1. The van der Waals surface area contributed by atoms with Crippen LogP contribution in [-0.4, -0.2) is 28.7 Å². The molecule has 58 valence electrons. The molecule has 1 rings (SSSR count). The maximum absolute atomic E-state index is 10.7. The normalized spacial score (nSPS) is 39.9. The van der Waals surface area contributed by atoms with E-state index in [2.05, 4.69) is 0 Å². The molecule has 1 saturated heterocycles. The predicted molar refractivity (Wildman–Crippen MR) is 39.9 cm³/mol. The number of hydrogen-bond donors (Lipinski definition) is 0. The van der Waals surface area contributed by atoms with Gasteiger partial charge in [-0.15, -0.1) is 34.8 Å². The third-order valence-corrected chi connectivity index (χ3v) is 2.70. The zero-order chi connectivity index (χ0) is 7.72. The highest BCUT2D eigenvalue weighted by Gasteiger charge is 2.41. The van der Waals surface area contributed by atoms with Gasteiger partial charge in [-0.25, -0.2) is 0 Å². The summed E-state index contributed by atoms with van der Waals surface area (Å²) in [4.78, 5) is 10.7. The van der Waals surface area contributed by atoms with Crippen LogP contribution in [0.5, 0.6) is 0 Å². The Morgan fingerprint density at radius 1 is 1.50 bits per heavy atom. The molecule has 0 saturated carbocycles. The molecule has 2 nitrogen and oxygen atoms in total. The van der Waals surface area contributed by atoms with Crippen LogP contribution < -0.4 is 0 Å². The molecular formula is C5H5Cl3O2. The Balaban J connectivity index is 2.61. The monoisotopic (exact) mass is 202 g/mol. The number of carbonyl (C=O) groups excluding carboxylic acids is 1. The van der Waals surface area contributed by atoms with Gasteiger partial charge in [0.1, 0.15) is 6.10 Å². The largest absolute Gasteiger partial charge is 0.458 e. The summed E-state index contributed by atoms with van der Waals surface area (Å²) in [5, 5.41) is -1.24. The van der Waals surface area contributed by atoms with Crippen LogP contribution in [0.15, 0.2) is 0 Å². The first-order valence-corrected chi connectivity index (χ1v) is 4.12. The fourth-order valence-corrected chi connectivity index (χ4v) is 1.52. The number of rotatable bonds is 1. The van der Waals surface area contributed by atoms with Gasteiger partial charge in [0.15, 0.2) is 5.38 Å². The molecule has 0 aromatic heterocycles. The van der Waals surface area contributed by atoms with E-state index >= 15 is 0 Å². The highest BCUT2D eigenvalue weighted by atomic mass is 35.5. The molecule has 0 amide bonds. The van der Waals surface area contributed by atoms with Gasteiger partial charge < -0.3 is 4.74 Å². The molecule has 5 heteroatoms. The molecule has 1 aliphatic rings. The van der Waals surface area contributed by atoms with E-state index in [4.69, 9.17) is 39.5 Å². The number of ether oxygens (including phenoxy) is 1. The van der Waals surface area contributed by atoms with Crippen LogP contribution in [0.3, 0.4) is 0 Å². The third kappa shape index (κ3) is 1.34. The van der Waals surface area contributed by atoms with Gasteiger partial charge in [-0.05, 0) is 0 Å². The Morgan fingerprint density at radius 2 is 2.10 bits per heavy atom. The Labute approximate surface area is 73.4 Å². The lowest BCUT2D eigenvalue weighted by Crippen LogP contribution is -2.22. The Morgan fingerprint density at radius 3 is 2.30 bits per heavy atom. The quantitative estimate of drug-likeness (QED) is 0.475. The molecule has 1 aliphatic heterocycles. The van der Waals surface area contributed by atoms with Crippen molar-refractivity contribution in [3.8, 4) is 0 Å². The highest BCUT2D eigenvalue weighted by Crippen LogP contribution is 2.26. The summed E-state index contributed by atoms with van der Waals surface area (Å²) in [5.41, 5.74) is 0. The van der Waals surface area contributed by atoms with Gasteiger partial charge in [-0.3, -0.25) is 4.79 Å². The van der Waals surface area contributed by atoms with Crippen molar-refractivity contribution >= 4 is 40.8 Å². The summed E-state index contributed by atoms with van der Waals surface area (Å²) in [6, 6.07) is 0. The first-order chi connectivity index (χ1) is 4.66. The molecule has 0 N–H and O–H groups in total. The fraction of sp³-hybridized carbons (Fsp3) is 0.800. The Hall–Kier alpha value is 0.340. The lowest BCUT2D eigenvalue weighted by molar-refractivity contribution is -0.140. The average molecular weight is 203 g/mol. The second-order valence-corrected chi connectivity index (χ2v) is 3.26. The number of esters is 1. The Kier molecular flexibility index (Phi) is 2.67. The third-order valence-electron chi connectivity index (χ3n) is 1.28. The molecular weight excluding hydrogens is 198 g/mol. The van der Waals surface area contributed by atoms with Gasteiger partial charge >= 0.3 is 5.97 Å². The first kappa shape index (κ1) is 8.44. The number of cyclic esters (lactones) is 1. The summed E-state index contributed by atoms with van der Waals surface area (Å²) in [5.74, 6) is -0.282. The number of alkyl halides is 3. The van der Waals surface area contributed by atoms with E-state index in [-0.39, 0.29) is 5.88 Å². The van der Waals surface area contributed by atoms with E-state index in [9.17, 15) is 4.79 Å². The van der Waals surface area contributed by atoms with Crippen molar-refractivity contribution in [1.29, 1.82) is 0 Å². The van der Waals surface area contributed by atoms with Gasteiger partial charge in [0.05, 0.1) is 11.3 Å². The van der Waals surface area contributed by atoms with Crippen molar-refractivity contribution < 1.29 is 9.53 Å². The standard InChI is InChI=1S/C5H5Cl3O2/c6-1-2-3(7)4(8)5(9)10-2/h2-4H,1H2/t2-,3?,4?/m0/s1. The van der Waals surface area contributed by atoms with Crippen LogP contribution in [0.1, 0.15) is 0 Å². The van der Waals surface area contributed by atoms with E-state index in [0.29, 0.717) is 0 Å². The van der Waals surface area contributed by atoms with E-state index in [1.807, 2.05) is 0 Å². The lowest BCUT2D eigenvalue weighted by Gasteiger charge is -2.06. The molecule has 3 atom stereocenters. The second-order valence-electron chi connectivity index (χ2n) is 1.98. The van der Waals surface area contributed by atoms with Crippen molar-refractivity contribution in [3.05, 3.63) is 0 Å². The summed E-state index contributed by atoms with van der Waals surface area (Å²) < 4.78 is 4.70.